The van der Waals surface area contributed by atoms with Crippen LogP contribution in [0.15, 0.2) is 73.6 Å². The van der Waals surface area contributed by atoms with Crippen LogP contribution in [0.2, 0.25) is 0 Å². The van der Waals surface area contributed by atoms with Crippen LogP contribution >= 0.6 is 0 Å². The SMILES string of the molecule is C#Cc1cccc(CN2CCC(c3ccc(C(=C)C)c(CCC4CCC(=C)NC4=C)c3)CC2)c1. The number of nitrogens with one attached hydrogen (secondary N) is 1. The normalized spacial score (nSPS) is 19.5. The number of hydrogen-bond acceptors (Lipinski definition) is 2. The predicted molar refractivity (Wildman–Crippen MR) is 145 cm³/mol. The summed E-state index contributed by atoms with van der Waals surface area (Å²) in [7, 11) is 0. The molecular weight excluding hydrogens is 412 g/mol. The summed E-state index contributed by atoms with van der Waals surface area (Å²) in [5, 5.41) is 3.37. The minimum absolute atomic E-state index is 0.517. The van der Waals surface area contributed by atoms with E-state index in [1.165, 1.54) is 35.1 Å². The monoisotopic (exact) mass is 450 g/mol. The van der Waals surface area contributed by atoms with Gasteiger partial charge in [0.25, 0.3) is 0 Å². The van der Waals surface area contributed by atoms with Gasteiger partial charge in [0.1, 0.15) is 0 Å². The lowest BCUT2D eigenvalue weighted by molar-refractivity contribution is 0.204. The average molecular weight is 451 g/mol. The molecule has 1 N–H and O–H groups in total. The van der Waals surface area contributed by atoms with Crippen LogP contribution in [-0.4, -0.2) is 18.0 Å². The van der Waals surface area contributed by atoms with Crippen molar-refractivity contribution in [3.63, 3.8) is 0 Å². The topological polar surface area (TPSA) is 15.3 Å². The van der Waals surface area contributed by atoms with Gasteiger partial charge in [-0.05, 0) is 105 Å². The largest absolute Gasteiger partial charge is 0.363 e. The molecule has 2 aliphatic rings. The second-order valence-corrected chi connectivity index (χ2v) is 10.1. The first-order valence-corrected chi connectivity index (χ1v) is 12.6. The lowest BCUT2D eigenvalue weighted by Gasteiger charge is -2.32. The fraction of sp³-hybridized carbons (Fsp3) is 0.375. The summed E-state index contributed by atoms with van der Waals surface area (Å²) in [4.78, 5) is 2.56. The van der Waals surface area contributed by atoms with Crippen LogP contribution in [0.3, 0.4) is 0 Å². The molecule has 2 fully saturated rings. The molecule has 4 rings (SSSR count). The summed E-state index contributed by atoms with van der Waals surface area (Å²) in [6.45, 7) is 17.9. The summed E-state index contributed by atoms with van der Waals surface area (Å²) in [5.74, 6) is 3.89. The summed E-state index contributed by atoms with van der Waals surface area (Å²) < 4.78 is 0. The van der Waals surface area contributed by atoms with E-state index in [-0.39, 0.29) is 0 Å². The molecule has 0 spiro atoms. The van der Waals surface area contributed by atoms with Crippen molar-refractivity contribution in [2.24, 2.45) is 5.92 Å². The highest BCUT2D eigenvalue weighted by Crippen LogP contribution is 2.33. The van der Waals surface area contributed by atoms with Crippen LogP contribution in [0.1, 0.15) is 72.8 Å². The van der Waals surface area contributed by atoms with E-state index in [0.717, 1.165) is 67.8 Å². The zero-order valence-corrected chi connectivity index (χ0v) is 20.7. The molecule has 2 aromatic carbocycles. The maximum absolute atomic E-state index is 5.57. The molecule has 1 unspecified atom stereocenters. The van der Waals surface area contributed by atoms with Gasteiger partial charge in [-0.15, -0.1) is 6.42 Å². The molecule has 0 amide bonds. The minimum atomic E-state index is 0.517. The van der Waals surface area contributed by atoms with E-state index in [9.17, 15) is 0 Å². The Labute approximate surface area is 206 Å². The summed E-state index contributed by atoms with van der Waals surface area (Å²) in [6, 6.07) is 15.5. The number of rotatable bonds is 7. The van der Waals surface area contributed by atoms with Crippen LogP contribution < -0.4 is 5.32 Å². The van der Waals surface area contributed by atoms with Gasteiger partial charge in [0.2, 0.25) is 0 Å². The highest BCUT2D eigenvalue weighted by atomic mass is 15.1. The van der Waals surface area contributed by atoms with Crippen molar-refractivity contribution in [2.75, 3.05) is 13.1 Å². The highest BCUT2D eigenvalue weighted by molar-refractivity contribution is 5.65. The van der Waals surface area contributed by atoms with Crippen molar-refractivity contribution in [2.45, 2.75) is 57.9 Å². The van der Waals surface area contributed by atoms with Crippen LogP contribution in [-0.2, 0) is 13.0 Å². The maximum atomic E-state index is 5.57. The second-order valence-electron chi connectivity index (χ2n) is 10.1. The Bertz CT molecular complexity index is 1110. The molecule has 0 aromatic heterocycles. The molecule has 1 atom stereocenters. The standard InChI is InChI=1S/C32H38N2/c1-6-26-8-7-9-27(20-26)22-34-18-16-29(17-19-34)30-14-15-32(23(2)3)31(21-30)13-12-28-11-10-24(4)33-25(28)5/h1,7-9,14-15,20-21,28-29,33H,2,4-5,10-13,16-19,22H2,3H3. The van der Waals surface area contributed by atoms with E-state index in [1.54, 1.807) is 0 Å². The molecule has 2 nitrogen and oxygen atoms in total. The van der Waals surface area contributed by atoms with Gasteiger partial charge in [0, 0.05) is 23.5 Å². The summed E-state index contributed by atoms with van der Waals surface area (Å²) >= 11 is 0. The third-order valence-corrected chi connectivity index (χ3v) is 7.53. The van der Waals surface area contributed by atoms with Gasteiger partial charge in [-0.1, -0.05) is 61.6 Å². The number of terminal acetylenes is 1. The van der Waals surface area contributed by atoms with Crippen molar-refractivity contribution in [1.82, 2.24) is 10.2 Å². The Morgan fingerprint density at radius 3 is 2.62 bits per heavy atom. The van der Waals surface area contributed by atoms with E-state index in [2.05, 4.69) is 79.2 Å². The fourth-order valence-electron chi connectivity index (χ4n) is 5.50. The number of hydrogen-bond donors (Lipinski definition) is 1. The third-order valence-electron chi connectivity index (χ3n) is 7.53. The molecule has 0 saturated carbocycles. The number of likely N-dealkylation sites (tertiary alicyclic amines) is 1. The van der Waals surface area contributed by atoms with Crippen LogP contribution in [0.25, 0.3) is 5.57 Å². The number of nitrogens with zero attached hydrogens (tertiary/aromatic N) is 1. The molecule has 0 radical (unpaired) electrons. The molecular formula is C32H38N2. The van der Waals surface area contributed by atoms with Crippen molar-refractivity contribution in [3.8, 4) is 12.3 Å². The number of allylic oxidation sites excluding steroid dienone is 3. The summed E-state index contributed by atoms with van der Waals surface area (Å²) in [6.07, 6.45) is 12.4. The second kappa shape index (κ2) is 10.9. The van der Waals surface area contributed by atoms with E-state index in [1.807, 2.05) is 6.07 Å². The average Bonchev–Trinajstić information content (AvgIpc) is 2.84. The van der Waals surface area contributed by atoms with Gasteiger partial charge >= 0.3 is 0 Å². The van der Waals surface area contributed by atoms with Gasteiger partial charge in [0.05, 0.1) is 0 Å². The van der Waals surface area contributed by atoms with Crippen LogP contribution in [0, 0.1) is 18.3 Å². The first-order valence-electron chi connectivity index (χ1n) is 12.6. The molecule has 2 heteroatoms. The first-order chi connectivity index (χ1) is 16.4. The van der Waals surface area contributed by atoms with E-state index >= 15 is 0 Å². The van der Waals surface area contributed by atoms with Crippen LogP contribution in [0.4, 0.5) is 0 Å². The Kier molecular flexibility index (Phi) is 7.76. The fourth-order valence-corrected chi connectivity index (χ4v) is 5.50. The lowest BCUT2D eigenvalue weighted by atomic mass is 9.84. The molecule has 0 aliphatic carbocycles. The zero-order valence-electron chi connectivity index (χ0n) is 20.7. The smallest absolute Gasteiger partial charge is 0.0245 e. The van der Waals surface area contributed by atoms with E-state index in [0.29, 0.717) is 11.8 Å². The van der Waals surface area contributed by atoms with Gasteiger partial charge < -0.3 is 5.32 Å². The lowest BCUT2D eigenvalue weighted by Crippen LogP contribution is -2.32. The Morgan fingerprint density at radius 2 is 1.91 bits per heavy atom. The molecule has 176 valence electrons. The first kappa shape index (κ1) is 24.1. The Morgan fingerprint density at radius 1 is 1.12 bits per heavy atom. The van der Waals surface area contributed by atoms with Crippen molar-refractivity contribution in [3.05, 3.63) is 101 Å². The van der Waals surface area contributed by atoms with E-state index < -0.39 is 0 Å². The minimum Gasteiger partial charge on any atom is -0.363 e. The van der Waals surface area contributed by atoms with E-state index in [4.69, 9.17) is 6.42 Å². The van der Waals surface area contributed by atoms with Gasteiger partial charge in [-0.25, -0.2) is 0 Å². The van der Waals surface area contributed by atoms with Gasteiger partial charge in [-0.3, -0.25) is 4.90 Å². The van der Waals surface area contributed by atoms with Gasteiger partial charge in [-0.2, -0.15) is 0 Å². The van der Waals surface area contributed by atoms with Crippen LogP contribution in [0.5, 0.6) is 0 Å². The molecule has 34 heavy (non-hydrogen) atoms. The molecule has 2 saturated heterocycles. The number of piperidine rings is 2. The van der Waals surface area contributed by atoms with Gasteiger partial charge in [0.15, 0.2) is 0 Å². The van der Waals surface area contributed by atoms with Crippen molar-refractivity contribution >= 4 is 5.57 Å². The highest BCUT2D eigenvalue weighted by Gasteiger charge is 2.23. The zero-order chi connectivity index (χ0) is 24.1. The third kappa shape index (κ3) is 5.91. The number of aryl methyl sites for hydroxylation is 1. The Balaban J connectivity index is 1.39. The molecule has 0 bridgehead atoms. The summed E-state index contributed by atoms with van der Waals surface area (Å²) in [5.41, 5.74) is 9.90. The number of benzene rings is 2. The molecule has 2 aliphatic heterocycles. The quantitative estimate of drug-likeness (QED) is 0.455. The Hall–Kier alpha value is -3.02. The molecule has 2 heterocycles. The van der Waals surface area contributed by atoms with Crippen molar-refractivity contribution < 1.29 is 0 Å². The molecule has 2 aromatic rings. The van der Waals surface area contributed by atoms with Crippen molar-refractivity contribution in [1.29, 1.82) is 0 Å². The maximum Gasteiger partial charge on any atom is 0.0245 e. The predicted octanol–water partition coefficient (Wildman–Crippen LogP) is 7.04.